The van der Waals surface area contributed by atoms with Crippen LogP contribution in [-0.4, -0.2) is 26.5 Å². The predicted octanol–water partition coefficient (Wildman–Crippen LogP) is 3.15. The number of thioether (sulfide) groups is 1. The van der Waals surface area contributed by atoms with E-state index in [9.17, 15) is 4.79 Å². The number of hydrogen-bond acceptors (Lipinski definition) is 5. The van der Waals surface area contributed by atoms with E-state index in [0.29, 0.717) is 11.0 Å². The molecule has 0 aliphatic heterocycles. The van der Waals surface area contributed by atoms with Crippen molar-refractivity contribution in [2.24, 2.45) is 0 Å². The number of carbonyl (C=O) groups is 1. The number of rotatable bonds is 6. The van der Waals surface area contributed by atoms with Crippen LogP contribution in [0.2, 0.25) is 0 Å². The van der Waals surface area contributed by atoms with Crippen LogP contribution in [0.5, 0.6) is 0 Å². The van der Waals surface area contributed by atoms with E-state index in [1.807, 2.05) is 39.0 Å². The van der Waals surface area contributed by atoms with Crippen LogP contribution in [-0.2, 0) is 23.1 Å². The minimum atomic E-state index is -0.196. The second kappa shape index (κ2) is 7.91. The highest BCUT2D eigenvalue weighted by atomic mass is 32.2. The molecule has 6 nitrogen and oxygen atoms in total. The molecule has 0 unspecified atom stereocenters. The number of nitrogen functional groups attached to an aromatic ring is 1. The molecule has 1 heterocycles. The first-order chi connectivity index (χ1) is 11.8. The van der Waals surface area contributed by atoms with E-state index >= 15 is 0 Å². The van der Waals surface area contributed by atoms with Gasteiger partial charge in [0.15, 0.2) is 5.82 Å². The standard InChI is InChI=1S/C18H27N5OS/c1-6-12-9-8-10-13(7-2)15(12)20-14(24)11-25-17-22-21-16(23(17)19)18(3,4)5/h8-10H,6-7,11,19H2,1-5H3,(H,20,24). The summed E-state index contributed by atoms with van der Waals surface area (Å²) in [5.74, 6) is 6.92. The zero-order valence-electron chi connectivity index (χ0n) is 15.6. The zero-order valence-corrected chi connectivity index (χ0v) is 16.4. The topological polar surface area (TPSA) is 85.8 Å². The maximum atomic E-state index is 12.4. The zero-order chi connectivity index (χ0) is 18.6. The number of aryl methyl sites for hydroxylation is 2. The van der Waals surface area contributed by atoms with Gasteiger partial charge in [0.05, 0.1) is 5.75 Å². The molecular weight excluding hydrogens is 334 g/mol. The molecule has 1 aromatic carbocycles. The Hall–Kier alpha value is -2.02. The molecule has 0 saturated carbocycles. The summed E-state index contributed by atoms with van der Waals surface area (Å²) in [5.41, 5.74) is 3.03. The highest BCUT2D eigenvalue weighted by Gasteiger charge is 2.23. The Bertz CT molecular complexity index is 726. The van der Waals surface area contributed by atoms with Gasteiger partial charge in [0.25, 0.3) is 0 Å². The van der Waals surface area contributed by atoms with Crippen LogP contribution < -0.4 is 11.2 Å². The molecule has 136 valence electrons. The van der Waals surface area contributed by atoms with E-state index < -0.39 is 0 Å². The molecule has 1 amide bonds. The maximum Gasteiger partial charge on any atom is 0.234 e. The van der Waals surface area contributed by atoms with Crippen LogP contribution >= 0.6 is 11.8 Å². The number of hydrogen-bond donors (Lipinski definition) is 2. The van der Waals surface area contributed by atoms with Gasteiger partial charge in [0.2, 0.25) is 11.1 Å². The molecule has 2 rings (SSSR count). The van der Waals surface area contributed by atoms with E-state index in [1.54, 1.807) is 0 Å². The van der Waals surface area contributed by atoms with Crippen molar-refractivity contribution in [3.8, 4) is 0 Å². The van der Waals surface area contributed by atoms with Crippen LogP contribution in [0, 0.1) is 0 Å². The number of nitrogens with one attached hydrogen (secondary N) is 1. The first-order valence-electron chi connectivity index (χ1n) is 8.52. The predicted molar refractivity (Wildman–Crippen MR) is 103 cm³/mol. The molecule has 25 heavy (non-hydrogen) atoms. The lowest BCUT2D eigenvalue weighted by molar-refractivity contribution is -0.113. The summed E-state index contributed by atoms with van der Waals surface area (Å²) in [4.78, 5) is 12.4. The van der Waals surface area contributed by atoms with Gasteiger partial charge in [-0.15, -0.1) is 10.2 Å². The van der Waals surface area contributed by atoms with Gasteiger partial charge in [0, 0.05) is 11.1 Å². The van der Waals surface area contributed by atoms with Crippen LogP contribution in [0.3, 0.4) is 0 Å². The van der Waals surface area contributed by atoms with Crippen LogP contribution in [0.25, 0.3) is 0 Å². The normalized spacial score (nSPS) is 11.6. The van der Waals surface area contributed by atoms with Crippen molar-refractivity contribution in [3.05, 3.63) is 35.2 Å². The largest absolute Gasteiger partial charge is 0.336 e. The molecule has 0 bridgehead atoms. The molecule has 0 radical (unpaired) electrons. The second-order valence-electron chi connectivity index (χ2n) is 6.92. The fourth-order valence-electron chi connectivity index (χ4n) is 2.60. The highest BCUT2D eigenvalue weighted by Crippen LogP contribution is 2.25. The van der Waals surface area contributed by atoms with Crippen molar-refractivity contribution in [1.29, 1.82) is 0 Å². The third-order valence-corrected chi connectivity index (χ3v) is 4.87. The Balaban J connectivity index is 2.07. The molecule has 0 spiro atoms. The van der Waals surface area contributed by atoms with Crippen LogP contribution in [0.1, 0.15) is 51.6 Å². The fraction of sp³-hybridized carbons (Fsp3) is 0.500. The van der Waals surface area contributed by atoms with Gasteiger partial charge in [-0.3, -0.25) is 4.79 Å². The molecule has 3 N–H and O–H groups in total. The van der Waals surface area contributed by atoms with Crippen LogP contribution in [0.4, 0.5) is 5.69 Å². The van der Waals surface area contributed by atoms with Gasteiger partial charge in [-0.05, 0) is 24.0 Å². The van der Waals surface area contributed by atoms with Gasteiger partial charge >= 0.3 is 0 Å². The Morgan fingerprint density at radius 2 is 1.80 bits per heavy atom. The number of nitrogens with zero attached hydrogens (tertiary/aromatic N) is 3. The SMILES string of the molecule is CCc1cccc(CC)c1NC(=O)CSc1nnc(C(C)(C)C)n1N. The minimum Gasteiger partial charge on any atom is -0.336 e. The second-order valence-corrected chi connectivity index (χ2v) is 7.86. The van der Waals surface area contributed by atoms with E-state index in [4.69, 9.17) is 5.84 Å². The number of nitrogens with two attached hydrogens (primary N) is 1. The smallest absolute Gasteiger partial charge is 0.234 e. The quantitative estimate of drug-likeness (QED) is 0.610. The Kier molecular flexibility index (Phi) is 6.11. The Morgan fingerprint density at radius 3 is 2.28 bits per heavy atom. The number of amides is 1. The van der Waals surface area contributed by atoms with E-state index in [1.165, 1.54) is 16.4 Å². The summed E-state index contributed by atoms with van der Waals surface area (Å²) in [6, 6.07) is 6.13. The first kappa shape index (κ1) is 19.3. The average Bonchev–Trinajstić information content (AvgIpc) is 2.94. The summed E-state index contributed by atoms with van der Waals surface area (Å²) in [7, 11) is 0. The third kappa shape index (κ3) is 4.54. The molecule has 0 saturated heterocycles. The third-order valence-electron chi connectivity index (χ3n) is 3.93. The Morgan fingerprint density at radius 1 is 1.20 bits per heavy atom. The summed E-state index contributed by atoms with van der Waals surface area (Å²) in [6.45, 7) is 10.2. The van der Waals surface area contributed by atoms with Crippen molar-refractivity contribution in [2.45, 2.75) is 58.0 Å². The molecular formula is C18H27N5OS. The van der Waals surface area contributed by atoms with E-state index in [2.05, 4.69) is 29.4 Å². The summed E-state index contributed by atoms with van der Waals surface area (Å²) in [6.07, 6.45) is 1.76. The highest BCUT2D eigenvalue weighted by molar-refractivity contribution is 7.99. The summed E-state index contributed by atoms with van der Waals surface area (Å²) in [5, 5.41) is 11.8. The molecule has 1 aromatic heterocycles. The van der Waals surface area contributed by atoms with Crippen molar-refractivity contribution < 1.29 is 4.79 Å². The molecule has 0 aliphatic carbocycles. The summed E-state index contributed by atoms with van der Waals surface area (Å²) < 4.78 is 1.47. The number of benzene rings is 1. The number of aromatic nitrogens is 3. The van der Waals surface area contributed by atoms with Gasteiger partial charge in [-0.1, -0.05) is 64.6 Å². The van der Waals surface area contributed by atoms with E-state index in [0.717, 1.165) is 29.7 Å². The molecule has 0 atom stereocenters. The van der Waals surface area contributed by atoms with Gasteiger partial charge in [0.1, 0.15) is 0 Å². The van der Waals surface area contributed by atoms with E-state index in [-0.39, 0.29) is 17.1 Å². The lowest BCUT2D eigenvalue weighted by Gasteiger charge is -2.16. The fourth-order valence-corrected chi connectivity index (χ4v) is 3.25. The number of carbonyl (C=O) groups excluding carboxylic acids is 1. The lowest BCUT2D eigenvalue weighted by atomic mass is 9.96. The van der Waals surface area contributed by atoms with Crippen molar-refractivity contribution in [3.63, 3.8) is 0 Å². The summed E-state index contributed by atoms with van der Waals surface area (Å²) >= 11 is 1.29. The molecule has 0 fully saturated rings. The van der Waals surface area contributed by atoms with Crippen molar-refractivity contribution in [1.82, 2.24) is 14.9 Å². The van der Waals surface area contributed by atoms with Crippen LogP contribution in [0.15, 0.2) is 23.4 Å². The number of para-hydroxylation sites is 1. The lowest BCUT2D eigenvalue weighted by Crippen LogP contribution is -2.24. The maximum absolute atomic E-state index is 12.4. The van der Waals surface area contributed by atoms with Gasteiger partial charge in [-0.2, -0.15) is 0 Å². The molecule has 2 aromatic rings. The number of anilines is 1. The molecule has 7 heteroatoms. The Labute approximate surface area is 153 Å². The first-order valence-corrected chi connectivity index (χ1v) is 9.50. The van der Waals surface area contributed by atoms with Crippen molar-refractivity contribution in [2.75, 3.05) is 16.9 Å². The molecule has 0 aliphatic rings. The monoisotopic (exact) mass is 361 g/mol. The van der Waals surface area contributed by atoms with Gasteiger partial charge < -0.3 is 11.2 Å². The average molecular weight is 362 g/mol. The minimum absolute atomic E-state index is 0.0686. The van der Waals surface area contributed by atoms with Crippen molar-refractivity contribution >= 4 is 23.4 Å². The van der Waals surface area contributed by atoms with Gasteiger partial charge in [-0.25, -0.2) is 4.68 Å².